The first-order valence-electron chi connectivity index (χ1n) is 6.33. The van der Waals surface area contributed by atoms with Gasteiger partial charge < -0.3 is 19.5 Å². The molecule has 0 aromatic heterocycles. The third kappa shape index (κ3) is 4.13. The van der Waals surface area contributed by atoms with Gasteiger partial charge in [-0.25, -0.2) is 4.79 Å². The van der Waals surface area contributed by atoms with Gasteiger partial charge in [0.05, 0.1) is 14.2 Å². The maximum atomic E-state index is 11.0. The zero-order chi connectivity index (χ0) is 13.7. The molecule has 1 saturated carbocycles. The van der Waals surface area contributed by atoms with Crippen molar-refractivity contribution in [3.8, 4) is 11.5 Å². The summed E-state index contributed by atoms with van der Waals surface area (Å²) in [6, 6.07) is 6.36. The molecule has 5 heteroatoms. The molecule has 1 fully saturated rings. The van der Waals surface area contributed by atoms with Gasteiger partial charge in [0.15, 0.2) is 18.1 Å². The summed E-state index contributed by atoms with van der Waals surface area (Å²) in [5.74, 6) is 0.753. The van der Waals surface area contributed by atoms with E-state index in [1.165, 1.54) is 20.0 Å². The summed E-state index contributed by atoms with van der Waals surface area (Å²) in [7, 11) is 2.91. The predicted octanol–water partition coefficient (Wildman–Crippen LogP) is 1.50. The average molecular weight is 265 g/mol. The van der Waals surface area contributed by atoms with Gasteiger partial charge >= 0.3 is 5.97 Å². The Morgan fingerprint density at radius 3 is 2.74 bits per heavy atom. The maximum Gasteiger partial charge on any atom is 0.343 e. The Morgan fingerprint density at radius 1 is 1.32 bits per heavy atom. The zero-order valence-corrected chi connectivity index (χ0v) is 11.3. The molecule has 0 amide bonds. The summed E-state index contributed by atoms with van der Waals surface area (Å²) < 4.78 is 15.1. The number of rotatable bonds is 7. The quantitative estimate of drug-likeness (QED) is 0.757. The molecule has 104 valence electrons. The summed E-state index contributed by atoms with van der Waals surface area (Å²) in [4.78, 5) is 11.0. The van der Waals surface area contributed by atoms with Crippen molar-refractivity contribution in [3.63, 3.8) is 0 Å². The molecule has 0 spiro atoms. The summed E-state index contributed by atoms with van der Waals surface area (Å²) >= 11 is 0. The van der Waals surface area contributed by atoms with E-state index in [0.29, 0.717) is 17.5 Å². The second-order valence-corrected chi connectivity index (χ2v) is 4.51. The Hall–Kier alpha value is -1.75. The normalized spacial score (nSPS) is 14.0. The number of hydrogen-bond donors (Lipinski definition) is 1. The number of carbonyl (C=O) groups is 1. The van der Waals surface area contributed by atoms with Gasteiger partial charge in [0.2, 0.25) is 0 Å². The number of esters is 1. The second-order valence-electron chi connectivity index (χ2n) is 4.51. The fraction of sp³-hybridized carbons (Fsp3) is 0.500. The van der Waals surface area contributed by atoms with Gasteiger partial charge in [-0.15, -0.1) is 0 Å². The number of benzene rings is 1. The summed E-state index contributed by atoms with van der Waals surface area (Å²) in [6.45, 7) is 0.699. The standard InChI is InChI=1S/C14H19NO4/c1-17-13-7-10(8-15-11-4-5-11)3-6-12(13)19-9-14(16)18-2/h3,6-7,11,15H,4-5,8-9H2,1-2H3. The van der Waals surface area contributed by atoms with Gasteiger partial charge in [0.1, 0.15) is 0 Å². The zero-order valence-electron chi connectivity index (χ0n) is 11.3. The minimum atomic E-state index is -0.415. The minimum Gasteiger partial charge on any atom is -0.493 e. The maximum absolute atomic E-state index is 11.0. The molecule has 0 aliphatic heterocycles. The lowest BCUT2D eigenvalue weighted by atomic mass is 10.2. The fourth-order valence-electron chi connectivity index (χ4n) is 1.69. The van der Waals surface area contributed by atoms with Crippen molar-refractivity contribution in [3.05, 3.63) is 23.8 Å². The van der Waals surface area contributed by atoms with E-state index >= 15 is 0 Å². The molecule has 0 bridgehead atoms. The lowest BCUT2D eigenvalue weighted by Gasteiger charge is -2.11. The highest BCUT2D eigenvalue weighted by Crippen LogP contribution is 2.28. The van der Waals surface area contributed by atoms with Crippen molar-refractivity contribution >= 4 is 5.97 Å². The van der Waals surface area contributed by atoms with Crippen LogP contribution in [-0.4, -0.2) is 32.8 Å². The average Bonchev–Trinajstić information content (AvgIpc) is 3.26. The van der Waals surface area contributed by atoms with Gasteiger partial charge in [-0.1, -0.05) is 6.07 Å². The Morgan fingerprint density at radius 2 is 2.11 bits per heavy atom. The summed E-state index contributed by atoms with van der Waals surface area (Å²) in [5.41, 5.74) is 1.13. The molecule has 0 radical (unpaired) electrons. The summed E-state index contributed by atoms with van der Waals surface area (Å²) in [6.07, 6.45) is 2.52. The molecule has 19 heavy (non-hydrogen) atoms. The lowest BCUT2D eigenvalue weighted by Crippen LogP contribution is -2.15. The van der Waals surface area contributed by atoms with E-state index < -0.39 is 5.97 Å². The third-order valence-electron chi connectivity index (χ3n) is 2.97. The van der Waals surface area contributed by atoms with E-state index in [1.54, 1.807) is 7.11 Å². The van der Waals surface area contributed by atoms with Crippen molar-refractivity contribution in [2.75, 3.05) is 20.8 Å². The topological polar surface area (TPSA) is 56.8 Å². The van der Waals surface area contributed by atoms with Crippen LogP contribution in [0.4, 0.5) is 0 Å². The molecular formula is C14H19NO4. The molecule has 1 N–H and O–H groups in total. The highest BCUT2D eigenvalue weighted by molar-refractivity contribution is 5.71. The highest BCUT2D eigenvalue weighted by atomic mass is 16.6. The molecule has 0 heterocycles. The number of ether oxygens (including phenoxy) is 3. The van der Waals surface area contributed by atoms with E-state index in [1.807, 2.05) is 18.2 Å². The van der Waals surface area contributed by atoms with Crippen LogP contribution in [0.25, 0.3) is 0 Å². The van der Waals surface area contributed by atoms with E-state index in [-0.39, 0.29) is 6.61 Å². The van der Waals surface area contributed by atoms with Crippen LogP contribution < -0.4 is 14.8 Å². The van der Waals surface area contributed by atoms with E-state index in [0.717, 1.165) is 12.1 Å². The van der Waals surface area contributed by atoms with Crippen LogP contribution >= 0.6 is 0 Å². The van der Waals surface area contributed by atoms with E-state index in [9.17, 15) is 4.79 Å². The predicted molar refractivity (Wildman–Crippen MR) is 70.4 cm³/mol. The van der Waals surface area contributed by atoms with Gasteiger partial charge in [0.25, 0.3) is 0 Å². The lowest BCUT2D eigenvalue weighted by molar-refractivity contribution is -0.142. The molecular weight excluding hydrogens is 246 g/mol. The first-order chi connectivity index (χ1) is 9.22. The van der Waals surface area contributed by atoms with Crippen molar-refractivity contribution in [2.45, 2.75) is 25.4 Å². The first-order valence-corrected chi connectivity index (χ1v) is 6.33. The smallest absolute Gasteiger partial charge is 0.343 e. The number of methoxy groups -OCH3 is 2. The first kappa shape index (κ1) is 13.7. The number of carbonyl (C=O) groups excluding carboxylic acids is 1. The Labute approximate surface area is 112 Å². The van der Waals surface area contributed by atoms with E-state index in [2.05, 4.69) is 10.1 Å². The van der Waals surface area contributed by atoms with Gasteiger partial charge in [0, 0.05) is 12.6 Å². The van der Waals surface area contributed by atoms with Crippen LogP contribution in [0.3, 0.4) is 0 Å². The summed E-state index contributed by atoms with van der Waals surface area (Å²) in [5, 5.41) is 3.43. The van der Waals surface area contributed by atoms with Gasteiger partial charge in [-0.3, -0.25) is 0 Å². The second kappa shape index (κ2) is 6.43. The van der Waals surface area contributed by atoms with Crippen molar-refractivity contribution in [1.29, 1.82) is 0 Å². The molecule has 1 aromatic carbocycles. The highest BCUT2D eigenvalue weighted by Gasteiger charge is 2.20. The van der Waals surface area contributed by atoms with Crippen LogP contribution in [0.2, 0.25) is 0 Å². The molecule has 2 rings (SSSR count). The Kier molecular flexibility index (Phi) is 4.63. The monoisotopic (exact) mass is 265 g/mol. The van der Waals surface area contributed by atoms with Crippen molar-refractivity contribution < 1.29 is 19.0 Å². The molecule has 0 unspecified atom stereocenters. The van der Waals surface area contributed by atoms with Crippen LogP contribution in [0.5, 0.6) is 11.5 Å². The molecule has 0 atom stereocenters. The van der Waals surface area contributed by atoms with Crippen LogP contribution in [0.1, 0.15) is 18.4 Å². The third-order valence-corrected chi connectivity index (χ3v) is 2.97. The molecule has 1 aliphatic carbocycles. The molecule has 5 nitrogen and oxygen atoms in total. The molecule has 1 aliphatic rings. The Bertz CT molecular complexity index is 443. The van der Waals surface area contributed by atoms with Crippen LogP contribution in [0.15, 0.2) is 18.2 Å². The van der Waals surface area contributed by atoms with E-state index in [4.69, 9.17) is 9.47 Å². The fourth-order valence-corrected chi connectivity index (χ4v) is 1.69. The number of nitrogens with one attached hydrogen (secondary N) is 1. The van der Waals surface area contributed by atoms with Crippen LogP contribution in [0, 0.1) is 0 Å². The minimum absolute atomic E-state index is 0.119. The SMILES string of the molecule is COC(=O)COc1ccc(CNC2CC2)cc1OC. The molecule has 0 saturated heterocycles. The Balaban J connectivity index is 1.96. The van der Waals surface area contributed by atoms with Crippen LogP contribution in [-0.2, 0) is 16.1 Å². The van der Waals surface area contributed by atoms with Gasteiger partial charge in [-0.2, -0.15) is 0 Å². The van der Waals surface area contributed by atoms with Crippen molar-refractivity contribution in [2.24, 2.45) is 0 Å². The van der Waals surface area contributed by atoms with Gasteiger partial charge in [-0.05, 0) is 30.5 Å². The number of hydrogen-bond acceptors (Lipinski definition) is 5. The molecule has 1 aromatic rings. The van der Waals surface area contributed by atoms with Crippen molar-refractivity contribution in [1.82, 2.24) is 5.32 Å². The largest absolute Gasteiger partial charge is 0.493 e.